The van der Waals surface area contributed by atoms with Gasteiger partial charge in [-0.2, -0.15) is 0 Å². The van der Waals surface area contributed by atoms with E-state index in [1.807, 2.05) is 20.8 Å². The zero-order valence-corrected chi connectivity index (χ0v) is 21.8. The molecule has 0 radical (unpaired) electrons. The van der Waals surface area contributed by atoms with Gasteiger partial charge in [0.05, 0.1) is 19.5 Å². The fraction of sp³-hybridized carbons (Fsp3) is 0.593. The molecule has 198 valence electrons. The Bertz CT molecular complexity index is 1070. The Morgan fingerprint density at radius 1 is 1.22 bits per heavy atom. The number of carbonyl (C=O) groups excluding carboxylic acids is 2. The highest BCUT2D eigenvalue weighted by atomic mass is 32.1. The average Bonchev–Trinajstić information content (AvgIpc) is 3.44. The number of ketones is 1. The van der Waals surface area contributed by atoms with Crippen LogP contribution in [0.5, 0.6) is 0 Å². The minimum atomic E-state index is -1.81. The van der Waals surface area contributed by atoms with Crippen LogP contribution in [-0.4, -0.2) is 46.0 Å². The Labute approximate surface area is 215 Å². The lowest BCUT2D eigenvalue weighted by Gasteiger charge is -2.61. The molecule has 1 aromatic rings. The minimum absolute atomic E-state index is 0.0231. The third kappa shape index (κ3) is 4.28. The molecule has 6 nitrogen and oxygen atoms in total. The van der Waals surface area contributed by atoms with Gasteiger partial charge in [0.2, 0.25) is 5.76 Å². The van der Waals surface area contributed by atoms with Crippen LogP contribution in [0.25, 0.3) is 0 Å². The van der Waals surface area contributed by atoms with Crippen molar-refractivity contribution in [1.29, 1.82) is 0 Å². The summed E-state index contributed by atoms with van der Waals surface area (Å²) in [6.07, 6.45) is 7.13. The number of carbonyl (C=O) groups is 3. The van der Waals surface area contributed by atoms with Crippen LogP contribution in [0.3, 0.4) is 0 Å². The third-order valence-corrected chi connectivity index (χ3v) is 9.26. The van der Waals surface area contributed by atoms with Crippen molar-refractivity contribution in [2.45, 2.75) is 58.2 Å². The Morgan fingerprint density at radius 3 is 2.42 bits per heavy atom. The molecular weight excluding hydrogens is 490 g/mol. The lowest BCUT2D eigenvalue weighted by Crippen LogP contribution is -2.66. The number of hydrogen-bond donors (Lipinski definition) is 3. The van der Waals surface area contributed by atoms with Crippen LogP contribution in [0.4, 0.5) is 8.78 Å². The van der Waals surface area contributed by atoms with Crippen LogP contribution in [0.15, 0.2) is 46.6 Å². The smallest absolute Gasteiger partial charge is 0.371 e. The summed E-state index contributed by atoms with van der Waals surface area (Å²) >= 11 is 4.12. The van der Waals surface area contributed by atoms with Gasteiger partial charge in [-0.3, -0.25) is 14.0 Å². The molecule has 3 fully saturated rings. The van der Waals surface area contributed by atoms with E-state index < -0.39 is 28.6 Å². The number of alkyl halides is 2. The van der Waals surface area contributed by atoms with Gasteiger partial charge in [0.25, 0.3) is 0 Å². The van der Waals surface area contributed by atoms with Crippen molar-refractivity contribution in [3.8, 4) is 0 Å². The fourth-order valence-electron chi connectivity index (χ4n) is 7.50. The molecule has 6 unspecified atom stereocenters. The van der Waals surface area contributed by atoms with Crippen LogP contribution >= 0.6 is 12.6 Å². The van der Waals surface area contributed by atoms with E-state index in [1.165, 1.54) is 24.5 Å². The molecule has 1 heterocycles. The summed E-state index contributed by atoms with van der Waals surface area (Å²) in [6, 6.07) is 2.92. The number of carboxylic acid groups (broad SMARTS) is 1. The number of carboxylic acids is 1. The van der Waals surface area contributed by atoms with Crippen molar-refractivity contribution >= 4 is 29.5 Å². The number of halogens is 2. The highest BCUT2D eigenvalue weighted by Crippen LogP contribution is 2.69. The molecule has 9 heteroatoms. The second kappa shape index (κ2) is 10.2. The monoisotopic (exact) mass is 524 g/mol. The number of aliphatic hydroxyl groups excluding tert-OH is 1. The van der Waals surface area contributed by atoms with Gasteiger partial charge in [-0.05, 0) is 74.1 Å². The van der Waals surface area contributed by atoms with E-state index in [0.717, 1.165) is 12.0 Å². The summed E-state index contributed by atoms with van der Waals surface area (Å²) in [5, 5.41) is 19.1. The van der Waals surface area contributed by atoms with E-state index in [0.29, 0.717) is 20.0 Å². The molecule has 0 spiro atoms. The van der Waals surface area contributed by atoms with Crippen LogP contribution in [-0.2, 0) is 9.59 Å². The van der Waals surface area contributed by atoms with Gasteiger partial charge in [0, 0.05) is 17.3 Å². The summed E-state index contributed by atoms with van der Waals surface area (Å²) < 4.78 is 30.8. The lowest BCUT2D eigenvalue weighted by molar-refractivity contribution is -0.194. The Morgan fingerprint density at radius 2 is 1.89 bits per heavy atom. The van der Waals surface area contributed by atoms with E-state index in [1.54, 1.807) is 12.2 Å². The number of aromatic carboxylic acids is 1. The molecule has 36 heavy (non-hydrogen) atoms. The van der Waals surface area contributed by atoms with Crippen molar-refractivity contribution < 1.29 is 37.8 Å². The molecular formula is C27H34F2O6S. The normalized spacial score (nSPS) is 40.3. The average molecular weight is 525 g/mol. The predicted octanol–water partition coefficient (Wildman–Crippen LogP) is 5.24. The molecule has 0 amide bonds. The van der Waals surface area contributed by atoms with E-state index in [2.05, 4.69) is 17.0 Å². The maximum absolute atomic E-state index is 16.8. The first-order chi connectivity index (χ1) is 16.9. The van der Waals surface area contributed by atoms with Gasteiger partial charge in [0.1, 0.15) is 0 Å². The molecule has 0 bridgehead atoms. The molecule has 1 aromatic heterocycles. The zero-order chi connectivity index (χ0) is 27.1. The summed E-state index contributed by atoms with van der Waals surface area (Å²) in [6.45, 7) is 5.90. The number of rotatable bonds is 2. The summed E-state index contributed by atoms with van der Waals surface area (Å²) in [7, 11) is 0.500. The molecule has 8 atom stereocenters. The number of fused-ring (bicyclic) bond motifs is 5. The highest BCUT2D eigenvalue weighted by molar-refractivity contribution is 7.96. The van der Waals surface area contributed by atoms with E-state index in [9.17, 15) is 23.9 Å². The molecule has 0 saturated heterocycles. The largest absolute Gasteiger partial charge is 0.475 e. The zero-order valence-electron chi connectivity index (χ0n) is 20.9. The SMILES string of the molecule is CF.C[C@@H]1CC2C3CCC4=CC(=O)C=CC4(C)[C@@]3(F)C(O)CC2(C)C1C(=O)S.O=C(O)c1ccco1. The highest BCUT2D eigenvalue weighted by Gasteiger charge is 2.71. The molecule has 3 saturated carbocycles. The van der Waals surface area contributed by atoms with E-state index in [4.69, 9.17) is 5.11 Å². The van der Waals surface area contributed by atoms with Gasteiger partial charge in [-0.1, -0.05) is 25.5 Å². The number of allylic oxidation sites excluding steroid dienone is 4. The van der Waals surface area contributed by atoms with Crippen molar-refractivity contribution in [3.63, 3.8) is 0 Å². The van der Waals surface area contributed by atoms with Gasteiger partial charge in [-0.15, -0.1) is 12.6 Å². The first-order valence-corrected chi connectivity index (χ1v) is 12.5. The second-order valence-corrected chi connectivity index (χ2v) is 11.1. The maximum atomic E-state index is 16.8. The Hall–Kier alpha value is -2.26. The molecule has 0 aliphatic heterocycles. The van der Waals surface area contributed by atoms with Crippen LogP contribution in [0.1, 0.15) is 57.0 Å². The summed E-state index contributed by atoms with van der Waals surface area (Å²) in [5.41, 5.74) is -2.41. The van der Waals surface area contributed by atoms with Crippen molar-refractivity contribution in [1.82, 2.24) is 0 Å². The standard InChI is InChI=1S/C21H27FO3S.C5H4O3.CH3F/c1-11-8-15-14-5-4-12-9-13(23)6-7-20(12,3)21(14,22)16(24)10-19(15,2)17(11)18(25)26;6-5(7)4-2-1-3-8-4;1-2/h6-7,9,11,14-17,24H,4-5,8,10H2,1-3H3,(H,25,26);1-3H,(H,6,7);1H3/t11-,14?,15?,16?,17?,19?,20?,21+;;/m1../s1. The summed E-state index contributed by atoms with van der Waals surface area (Å²) in [5.74, 6) is -1.56. The van der Waals surface area contributed by atoms with Crippen LogP contribution in [0.2, 0.25) is 0 Å². The molecule has 4 aliphatic carbocycles. The molecule has 0 aromatic carbocycles. The fourth-order valence-corrected chi connectivity index (χ4v) is 8.05. The second-order valence-electron chi connectivity index (χ2n) is 10.7. The van der Waals surface area contributed by atoms with Crippen LogP contribution in [0, 0.1) is 34.5 Å². The van der Waals surface area contributed by atoms with Crippen molar-refractivity contribution in [2.24, 2.45) is 34.5 Å². The number of hydrogen-bond acceptors (Lipinski definition) is 5. The van der Waals surface area contributed by atoms with E-state index >= 15 is 4.39 Å². The van der Waals surface area contributed by atoms with Gasteiger partial charge >= 0.3 is 5.97 Å². The van der Waals surface area contributed by atoms with Gasteiger partial charge in [-0.25, -0.2) is 9.18 Å². The number of furan rings is 1. The first-order valence-electron chi connectivity index (χ1n) is 12.0. The number of aliphatic hydroxyl groups is 1. The first kappa shape index (κ1) is 28.3. The van der Waals surface area contributed by atoms with Crippen molar-refractivity contribution in [3.05, 3.63) is 48.0 Å². The van der Waals surface area contributed by atoms with Crippen molar-refractivity contribution in [2.75, 3.05) is 7.18 Å². The Kier molecular flexibility index (Phi) is 8.06. The quantitative estimate of drug-likeness (QED) is 0.457. The van der Waals surface area contributed by atoms with Crippen LogP contribution < -0.4 is 0 Å². The molecule has 5 rings (SSSR count). The topological polar surface area (TPSA) is 105 Å². The maximum Gasteiger partial charge on any atom is 0.371 e. The van der Waals surface area contributed by atoms with Gasteiger partial charge < -0.3 is 14.6 Å². The third-order valence-electron chi connectivity index (χ3n) is 8.98. The summed E-state index contributed by atoms with van der Waals surface area (Å²) in [4.78, 5) is 34.0. The molecule has 2 N–H and O–H groups in total. The molecule has 4 aliphatic rings. The van der Waals surface area contributed by atoms with E-state index in [-0.39, 0.29) is 46.8 Å². The predicted molar refractivity (Wildman–Crippen MR) is 133 cm³/mol. The lowest BCUT2D eigenvalue weighted by atomic mass is 9.45. The minimum Gasteiger partial charge on any atom is -0.475 e. The Balaban J connectivity index is 0.000000305. The number of thiol groups is 1. The van der Waals surface area contributed by atoms with Gasteiger partial charge in [0.15, 0.2) is 16.6 Å².